The van der Waals surface area contributed by atoms with Crippen LogP contribution in [0.15, 0.2) is 17.9 Å². The highest BCUT2D eigenvalue weighted by atomic mass is 16.3. The Labute approximate surface area is 72.2 Å². The molecule has 12 heavy (non-hydrogen) atoms. The van der Waals surface area contributed by atoms with Gasteiger partial charge in [-0.3, -0.25) is 4.79 Å². The van der Waals surface area contributed by atoms with E-state index in [2.05, 4.69) is 11.9 Å². The Hall–Kier alpha value is -1.19. The van der Waals surface area contributed by atoms with Gasteiger partial charge in [0.2, 0.25) is 0 Å². The molecule has 0 atom stereocenters. The van der Waals surface area contributed by atoms with Crippen molar-refractivity contribution in [2.45, 2.75) is 20.8 Å². The highest BCUT2D eigenvalue weighted by Crippen LogP contribution is 2.17. The lowest BCUT2D eigenvalue weighted by Gasteiger charge is -2.21. The zero-order valence-corrected chi connectivity index (χ0v) is 7.70. The predicted molar refractivity (Wildman–Crippen MR) is 47.2 cm³/mol. The molecule has 68 valence electrons. The fourth-order valence-electron chi connectivity index (χ4n) is 0.663. The number of hydrogen-bond acceptors (Lipinski definition) is 3. The molecule has 0 fully saturated rings. The van der Waals surface area contributed by atoms with Gasteiger partial charge in [-0.15, -0.1) is 11.5 Å². The van der Waals surface area contributed by atoms with Crippen molar-refractivity contribution < 1.29 is 4.79 Å². The molecule has 4 heteroatoms. The summed E-state index contributed by atoms with van der Waals surface area (Å²) in [4.78, 5) is 21.6. The maximum Gasteiger partial charge on any atom is 0.250 e. The van der Waals surface area contributed by atoms with Gasteiger partial charge in [-0.2, -0.15) is 5.01 Å². The van der Waals surface area contributed by atoms with E-state index >= 15 is 0 Å². The second kappa shape index (κ2) is 3.99. The zero-order valence-electron chi connectivity index (χ0n) is 7.70. The molecule has 0 unspecified atom stereocenters. The van der Waals surface area contributed by atoms with Crippen molar-refractivity contribution in [3.05, 3.63) is 17.6 Å². The fourth-order valence-corrected chi connectivity index (χ4v) is 0.663. The number of nitroso groups, excluding NO2 is 1. The SMILES string of the molecule is C=CCN(N=O)C(=O)C(C)(C)C. The highest BCUT2D eigenvalue weighted by Gasteiger charge is 2.27. The summed E-state index contributed by atoms with van der Waals surface area (Å²) in [6, 6.07) is 0. The van der Waals surface area contributed by atoms with Gasteiger partial charge in [0.1, 0.15) is 0 Å². The molecular formula is C8H14N2O2. The van der Waals surface area contributed by atoms with Crippen LogP contribution in [-0.4, -0.2) is 17.5 Å². The molecule has 0 rings (SSSR count). The molecule has 0 radical (unpaired) electrons. The lowest BCUT2D eigenvalue weighted by atomic mass is 9.95. The molecule has 0 aliphatic carbocycles. The second-order valence-corrected chi connectivity index (χ2v) is 3.51. The van der Waals surface area contributed by atoms with Crippen LogP contribution in [0.3, 0.4) is 0 Å². The van der Waals surface area contributed by atoms with E-state index in [0.717, 1.165) is 5.01 Å². The van der Waals surface area contributed by atoms with Gasteiger partial charge in [0.15, 0.2) is 0 Å². The summed E-state index contributed by atoms with van der Waals surface area (Å²) in [5, 5.41) is 3.47. The van der Waals surface area contributed by atoms with Gasteiger partial charge < -0.3 is 0 Å². The molecule has 0 saturated heterocycles. The van der Waals surface area contributed by atoms with Crippen molar-refractivity contribution >= 4 is 5.91 Å². The van der Waals surface area contributed by atoms with E-state index in [-0.39, 0.29) is 12.5 Å². The van der Waals surface area contributed by atoms with Crippen molar-refractivity contribution in [3.8, 4) is 0 Å². The molecular weight excluding hydrogens is 156 g/mol. The monoisotopic (exact) mass is 170 g/mol. The van der Waals surface area contributed by atoms with Gasteiger partial charge in [0.25, 0.3) is 5.91 Å². The smallest absolute Gasteiger partial charge is 0.250 e. The van der Waals surface area contributed by atoms with E-state index in [1.807, 2.05) is 0 Å². The van der Waals surface area contributed by atoms with E-state index in [1.165, 1.54) is 6.08 Å². The summed E-state index contributed by atoms with van der Waals surface area (Å²) in [6.45, 7) is 8.78. The summed E-state index contributed by atoms with van der Waals surface area (Å²) >= 11 is 0. The van der Waals surface area contributed by atoms with Crippen molar-refractivity contribution in [1.29, 1.82) is 0 Å². The fraction of sp³-hybridized carbons (Fsp3) is 0.625. The van der Waals surface area contributed by atoms with Crippen molar-refractivity contribution in [1.82, 2.24) is 5.01 Å². The van der Waals surface area contributed by atoms with Crippen LogP contribution in [0.1, 0.15) is 20.8 Å². The third-order valence-corrected chi connectivity index (χ3v) is 1.28. The number of carbonyl (C=O) groups excluding carboxylic acids is 1. The summed E-state index contributed by atoms with van der Waals surface area (Å²) in [5.74, 6) is -0.294. The first-order valence-corrected chi connectivity index (χ1v) is 3.69. The standard InChI is InChI=1S/C8H14N2O2/c1-5-6-10(9-12)7(11)8(2,3)4/h5H,1,6H2,2-4H3. The number of carbonyl (C=O) groups is 1. The van der Waals surface area contributed by atoms with Crippen LogP contribution in [0, 0.1) is 10.3 Å². The minimum absolute atomic E-state index is 0.166. The van der Waals surface area contributed by atoms with Crippen LogP contribution in [0.25, 0.3) is 0 Å². The van der Waals surface area contributed by atoms with Gasteiger partial charge in [0, 0.05) is 5.41 Å². The van der Waals surface area contributed by atoms with Crippen LogP contribution >= 0.6 is 0 Å². The first-order chi connectivity index (χ1) is 5.43. The lowest BCUT2D eigenvalue weighted by Crippen LogP contribution is -2.35. The number of nitrogens with zero attached hydrogens (tertiary/aromatic N) is 2. The minimum atomic E-state index is -0.572. The van der Waals surface area contributed by atoms with Gasteiger partial charge in [-0.1, -0.05) is 26.8 Å². The quantitative estimate of drug-likeness (QED) is 0.368. The van der Waals surface area contributed by atoms with Crippen LogP contribution < -0.4 is 0 Å². The summed E-state index contributed by atoms with van der Waals surface area (Å²) in [5.41, 5.74) is -0.572. The summed E-state index contributed by atoms with van der Waals surface area (Å²) in [6.07, 6.45) is 1.46. The topological polar surface area (TPSA) is 49.7 Å². The third kappa shape index (κ3) is 2.82. The van der Waals surface area contributed by atoms with E-state index in [1.54, 1.807) is 20.8 Å². The van der Waals surface area contributed by atoms with Crippen molar-refractivity contribution in [3.63, 3.8) is 0 Å². The molecule has 0 spiro atoms. The summed E-state index contributed by atoms with van der Waals surface area (Å²) < 4.78 is 0. The Morgan fingerprint density at radius 2 is 2.08 bits per heavy atom. The highest BCUT2D eigenvalue weighted by molar-refractivity contribution is 5.81. The van der Waals surface area contributed by atoms with E-state index < -0.39 is 5.41 Å². The number of amides is 1. The molecule has 0 aromatic rings. The van der Waals surface area contributed by atoms with Crippen molar-refractivity contribution in [2.24, 2.45) is 10.7 Å². The Bertz CT molecular complexity index is 194. The molecule has 0 aromatic carbocycles. The van der Waals surface area contributed by atoms with Gasteiger partial charge >= 0.3 is 0 Å². The first-order valence-electron chi connectivity index (χ1n) is 3.69. The molecule has 0 heterocycles. The molecule has 0 N–H and O–H groups in total. The maximum absolute atomic E-state index is 11.4. The van der Waals surface area contributed by atoms with E-state index in [9.17, 15) is 9.70 Å². The molecule has 0 aromatic heterocycles. The van der Waals surface area contributed by atoms with Crippen LogP contribution in [0.5, 0.6) is 0 Å². The maximum atomic E-state index is 11.4. The number of hydrogen-bond donors (Lipinski definition) is 0. The molecule has 0 saturated carbocycles. The lowest BCUT2D eigenvalue weighted by molar-refractivity contribution is -0.139. The second-order valence-electron chi connectivity index (χ2n) is 3.51. The van der Waals surface area contributed by atoms with E-state index in [0.29, 0.717) is 0 Å². The van der Waals surface area contributed by atoms with Crippen LogP contribution in [0.4, 0.5) is 0 Å². The molecule has 4 nitrogen and oxygen atoms in total. The normalized spacial score (nSPS) is 10.6. The van der Waals surface area contributed by atoms with E-state index in [4.69, 9.17) is 0 Å². The minimum Gasteiger partial charge on any atom is -0.272 e. The van der Waals surface area contributed by atoms with Crippen LogP contribution in [0.2, 0.25) is 0 Å². The predicted octanol–water partition coefficient (Wildman–Crippen LogP) is 1.73. The molecule has 0 aliphatic heterocycles. The molecule has 1 amide bonds. The summed E-state index contributed by atoms with van der Waals surface area (Å²) in [7, 11) is 0. The zero-order chi connectivity index (χ0) is 9.78. The first kappa shape index (κ1) is 10.8. The molecule has 0 bridgehead atoms. The number of rotatable bonds is 3. The third-order valence-electron chi connectivity index (χ3n) is 1.28. The molecule has 0 aliphatic rings. The Morgan fingerprint density at radius 1 is 1.58 bits per heavy atom. The van der Waals surface area contributed by atoms with Crippen molar-refractivity contribution in [2.75, 3.05) is 6.54 Å². The van der Waals surface area contributed by atoms with Gasteiger partial charge in [0.05, 0.1) is 11.8 Å². The largest absolute Gasteiger partial charge is 0.272 e. The van der Waals surface area contributed by atoms with Crippen LogP contribution in [-0.2, 0) is 4.79 Å². The Morgan fingerprint density at radius 3 is 2.33 bits per heavy atom. The van der Waals surface area contributed by atoms with Gasteiger partial charge in [-0.25, -0.2) is 0 Å². The van der Waals surface area contributed by atoms with Gasteiger partial charge in [-0.05, 0) is 0 Å². The average molecular weight is 170 g/mol. The Kier molecular flexibility index (Phi) is 3.60. The average Bonchev–Trinajstić information content (AvgIpc) is 1.97. The Balaban J connectivity index is 4.42.